The molecule has 118 valence electrons. The predicted molar refractivity (Wildman–Crippen MR) is 72.9 cm³/mol. The van der Waals surface area contributed by atoms with E-state index in [1.54, 1.807) is 0 Å². The Morgan fingerprint density at radius 2 is 1.75 bits per heavy atom. The van der Waals surface area contributed by atoms with Gasteiger partial charge in [0.2, 0.25) is 20.0 Å². The maximum Gasteiger partial charge on any atom is 0.310 e. The van der Waals surface area contributed by atoms with E-state index in [2.05, 4.69) is 14.2 Å². The summed E-state index contributed by atoms with van der Waals surface area (Å²) in [5.41, 5.74) is 0. The van der Waals surface area contributed by atoms with Gasteiger partial charge in [-0.1, -0.05) is 6.42 Å². The summed E-state index contributed by atoms with van der Waals surface area (Å²) in [4.78, 5) is 11.5. The highest BCUT2D eigenvalue weighted by Crippen LogP contribution is 2.31. The monoisotopic (exact) mass is 328 g/mol. The van der Waals surface area contributed by atoms with E-state index in [-0.39, 0.29) is 13.1 Å². The number of ether oxygens (including phenoxy) is 1. The Morgan fingerprint density at radius 1 is 1.15 bits per heavy atom. The molecular formula is C10H20N2O6S2. The Labute approximate surface area is 119 Å². The number of esters is 1. The molecule has 0 radical (unpaired) electrons. The Morgan fingerprint density at radius 3 is 2.30 bits per heavy atom. The molecule has 8 nitrogen and oxygen atoms in total. The first-order valence-electron chi connectivity index (χ1n) is 6.18. The molecule has 2 atom stereocenters. The lowest BCUT2D eigenvalue weighted by Gasteiger charge is -2.18. The highest BCUT2D eigenvalue weighted by atomic mass is 32.2. The number of hydrogen-bond acceptors (Lipinski definition) is 6. The van der Waals surface area contributed by atoms with E-state index in [1.165, 1.54) is 7.11 Å². The van der Waals surface area contributed by atoms with Crippen LogP contribution in [0.5, 0.6) is 0 Å². The Hall–Kier alpha value is -0.710. The van der Waals surface area contributed by atoms with E-state index in [0.717, 1.165) is 6.26 Å². The van der Waals surface area contributed by atoms with Crippen molar-refractivity contribution in [1.29, 1.82) is 0 Å². The number of carbonyl (C=O) groups excluding carboxylic acids is 1. The number of nitrogens with one attached hydrogen (secondary N) is 2. The van der Waals surface area contributed by atoms with Crippen molar-refractivity contribution in [2.75, 3.05) is 26.5 Å². The summed E-state index contributed by atoms with van der Waals surface area (Å²) < 4.78 is 55.0. The van der Waals surface area contributed by atoms with Crippen LogP contribution in [0, 0.1) is 5.92 Å². The molecule has 0 heterocycles. The number of carbonyl (C=O) groups is 1. The fourth-order valence-electron chi connectivity index (χ4n) is 2.26. The number of methoxy groups -OCH3 is 1. The second-order valence-electron chi connectivity index (χ2n) is 4.70. The van der Waals surface area contributed by atoms with Crippen molar-refractivity contribution in [3.63, 3.8) is 0 Å². The highest BCUT2D eigenvalue weighted by Gasteiger charge is 2.41. The number of sulfonamides is 2. The third kappa shape index (κ3) is 5.00. The SMILES string of the molecule is COC(=O)C1CCCC1S(=O)(=O)NCCNS(C)(=O)=O. The van der Waals surface area contributed by atoms with E-state index in [0.29, 0.717) is 19.3 Å². The van der Waals surface area contributed by atoms with Gasteiger partial charge >= 0.3 is 5.97 Å². The summed E-state index contributed by atoms with van der Waals surface area (Å²) in [6, 6.07) is 0. The maximum absolute atomic E-state index is 12.1. The average molecular weight is 328 g/mol. The Bertz CT molecular complexity index is 542. The molecule has 0 bridgehead atoms. The molecule has 0 saturated heterocycles. The van der Waals surface area contributed by atoms with Crippen LogP contribution in [0.1, 0.15) is 19.3 Å². The average Bonchev–Trinajstić information content (AvgIpc) is 2.82. The van der Waals surface area contributed by atoms with Crippen molar-refractivity contribution in [2.45, 2.75) is 24.5 Å². The topological polar surface area (TPSA) is 119 Å². The summed E-state index contributed by atoms with van der Waals surface area (Å²) in [6.07, 6.45) is 2.52. The first kappa shape index (κ1) is 17.3. The van der Waals surface area contributed by atoms with E-state index in [4.69, 9.17) is 0 Å². The van der Waals surface area contributed by atoms with Crippen molar-refractivity contribution >= 4 is 26.0 Å². The first-order valence-corrected chi connectivity index (χ1v) is 9.62. The van der Waals surface area contributed by atoms with E-state index in [9.17, 15) is 21.6 Å². The van der Waals surface area contributed by atoms with Gasteiger partial charge in [-0.15, -0.1) is 0 Å². The molecule has 0 aromatic heterocycles. The lowest BCUT2D eigenvalue weighted by Crippen LogP contribution is -2.42. The minimum absolute atomic E-state index is 0.0341. The van der Waals surface area contributed by atoms with Crippen molar-refractivity contribution in [3.05, 3.63) is 0 Å². The van der Waals surface area contributed by atoms with Gasteiger partial charge in [-0.3, -0.25) is 4.79 Å². The van der Waals surface area contributed by atoms with Crippen molar-refractivity contribution < 1.29 is 26.4 Å². The fourth-order valence-corrected chi connectivity index (χ4v) is 4.49. The van der Waals surface area contributed by atoms with Crippen LogP contribution in [0.25, 0.3) is 0 Å². The molecule has 0 aliphatic heterocycles. The van der Waals surface area contributed by atoms with Gasteiger partial charge < -0.3 is 4.74 Å². The highest BCUT2D eigenvalue weighted by molar-refractivity contribution is 7.90. The first-order chi connectivity index (χ1) is 9.17. The minimum Gasteiger partial charge on any atom is -0.469 e. The normalized spacial score (nSPS) is 23.7. The largest absolute Gasteiger partial charge is 0.469 e. The molecule has 1 aliphatic rings. The molecule has 0 spiro atoms. The lowest BCUT2D eigenvalue weighted by molar-refractivity contribution is -0.145. The van der Waals surface area contributed by atoms with Crippen LogP contribution in [-0.2, 0) is 29.6 Å². The van der Waals surface area contributed by atoms with Gasteiger partial charge in [0.15, 0.2) is 0 Å². The van der Waals surface area contributed by atoms with Crippen LogP contribution in [0.15, 0.2) is 0 Å². The van der Waals surface area contributed by atoms with Crippen molar-refractivity contribution in [1.82, 2.24) is 9.44 Å². The standard InChI is InChI=1S/C10H20N2O6S2/c1-18-10(13)8-4-3-5-9(8)20(16,17)12-7-6-11-19(2,14)15/h8-9,11-12H,3-7H2,1-2H3. The third-order valence-electron chi connectivity index (χ3n) is 3.15. The van der Waals surface area contributed by atoms with Crippen LogP contribution in [-0.4, -0.2) is 54.5 Å². The van der Waals surface area contributed by atoms with E-state index < -0.39 is 37.2 Å². The zero-order valence-electron chi connectivity index (χ0n) is 11.5. The number of hydrogen-bond donors (Lipinski definition) is 2. The van der Waals surface area contributed by atoms with Gasteiger partial charge in [0.1, 0.15) is 0 Å². The van der Waals surface area contributed by atoms with Gasteiger partial charge in [0.25, 0.3) is 0 Å². The molecule has 1 saturated carbocycles. The second kappa shape index (κ2) is 6.83. The second-order valence-corrected chi connectivity index (χ2v) is 8.52. The van der Waals surface area contributed by atoms with Gasteiger partial charge in [-0.05, 0) is 12.8 Å². The molecule has 1 fully saturated rings. The molecule has 1 rings (SSSR count). The lowest BCUT2D eigenvalue weighted by atomic mass is 10.1. The molecule has 10 heteroatoms. The van der Waals surface area contributed by atoms with Gasteiger partial charge in [-0.2, -0.15) is 0 Å². The van der Waals surface area contributed by atoms with Crippen molar-refractivity contribution in [2.24, 2.45) is 5.92 Å². The van der Waals surface area contributed by atoms with Gasteiger partial charge in [0, 0.05) is 13.1 Å². The summed E-state index contributed by atoms with van der Waals surface area (Å²) in [6.45, 7) is -0.0898. The van der Waals surface area contributed by atoms with Crippen LogP contribution < -0.4 is 9.44 Å². The van der Waals surface area contributed by atoms with Crippen LogP contribution in [0.3, 0.4) is 0 Å². The Kier molecular flexibility index (Phi) is 5.92. The Balaban J connectivity index is 2.57. The maximum atomic E-state index is 12.1. The molecule has 0 aromatic carbocycles. The third-order valence-corrected chi connectivity index (χ3v) is 5.84. The zero-order valence-corrected chi connectivity index (χ0v) is 13.1. The summed E-state index contributed by atoms with van der Waals surface area (Å²) >= 11 is 0. The van der Waals surface area contributed by atoms with Crippen LogP contribution >= 0.6 is 0 Å². The van der Waals surface area contributed by atoms with E-state index >= 15 is 0 Å². The zero-order chi connectivity index (χ0) is 15.4. The summed E-state index contributed by atoms with van der Waals surface area (Å²) in [7, 11) is -5.79. The van der Waals surface area contributed by atoms with Gasteiger partial charge in [0.05, 0.1) is 24.5 Å². The predicted octanol–water partition coefficient (Wildman–Crippen LogP) is -1.20. The molecule has 2 N–H and O–H groups in total. The molecule has 0 amide bonds. The quantitative estimate of drug-likeness (QED) is 0.447. The molecule has 20 heavy (non-hydrogen) atoms. The van der Waals surface area contributed by atoms with Crippen molar-refractivity contribution in [3.8, 4) is 0 Å². The van der Waals surface area contributed by atoms with Gasteiger partial charge in [-0.25, -0.2) is 26.3 Å². The minimum atomic E-state index is -3.67. The van der Waals surface area contributed by atoms with Crippen LogP contribution in [0.4, 0.5) is 0 Å². The molecule has 2 unspecified atom stereocenters. The number of rotatable bonds is 7. The fraction of sp³-hybridized carbons (Fsp3) is 0.900. The smallest absolute Gasteiger partial charge is 0.310 e. The molecular weight excluding hydrogens is 308 g/mol. The van der Waals surface area contributed by atoms with E-state index in [1.807, 2.05) is 0 Å². The van der Waals surface area contributed by atoms with Crippen LogP contribution in [0.2, 0.25) is 0 Å². The summed E-state index contributed by atoms with van der Waals surface area (Å²) in [5, 5.41) is -0.812. The molecule has 1 aliphatic carbocycles. The molecule has 0 aromatic rings. The summed E-state index contributed by atoms with van der Waals surface area (Å²) in [5.74, 6) is -1.17.